The predicted molar refractivity (Wildman–Crippen MR) is 53.3 cm³/mol. The van der Waals surface area contributed by atoms with Crippen molar-refractivity contribution in [2.75, 3.05) is 13.1 Å². The lowest BCUT2D eigenvalue weighted by Crippen LogP contribution is -2.07. The highest BCUT2D eigenvalue weighted by Gasteiger charge is 2.17. The second-order valence-electron chi connectivity index (χ2n) is 3.43. The Balaban J connectivity index is 2.28. The summed E-state index contributed by atoms with van der Waals surface area (Å²) in [5.74, 6) is 0.763. The molecule has 1 aliphatic rings. The smallest absolute Gasteiger partial charge is 0.117 e. The normalized spacial score (nSPS) is 22.1. The summed E-state index contributed by atoms with van der Waals surface area (Å²) in [5.41, 5.74) is 1.13. The third-order valence-corrected chi connectivity index (χ3v) is 2.65. The molecule has 3 heteroatoms. The van der Waals surface area contributed by atoms with Crippen LogP contribution in [0.15, 0.2) is 18.2 Å². The molecule has 0 saturated carbocycles. The molecule has 70 valence electrons. The van der Waals surface area contributed by atoms with Crippen LogP contribution in [0.3, 0.4) is 0 Å². The van der Waals surface area contributed by atoms with Gasteiger partial charge in [-0.05, 0) is 42.6 Å². The van der Waals surface area contributed by atoms with Crippen molar-refractivity contribution in [3.8, 4) is 5.75 Å². The zero-order chi connectivity index (χ0) is 9.26. The highest BCUT2D eigenvalue weighted by Crippen LogP contribution is 2.28. The van der Waals surface area contributed by atoms with Crippen LogP contribution in [-0.4, -0.2) is 18.2 Å². The topological polar surface area (TPSA) is 32.3 Å². The number of hydrogen-bond acceptors (Lipinski definition) is 2. The third kappa shape index (κ3) is 1.95. The lowest BCUT2D eigenvalue weighted by molar-refractivity contribution is 0.474. The van der Waals surface area contributed by atoms with Crippen LogP contribution < -0.4 is 5.32 Å². The predicted octanol–water partition coefficient (Wildman–Crippen LogP) is 2.12. The van der Waals surface area contributed by atoms with E-state index in [-0.39, 0.29) is 5.75 Å². The Hall–Kier alpha value is -0.730. The molecule has 1 atom stereocenters. The number of rotatable bonds is 1. The maximum Gasteiger partial charge on any atom is 0.117 e. The maximum atomic E-state index is 9.35. The van der Waals surface area contributed by atoms with Crippen LogP contribution in [0.1, 0.15) is 17.9 Å². The molecule has 2 rings (SSSR count). The first-order chi connectivity index (χ1) is 6.25. The molecule has 0 bridgehead atoms. The van der Waals surface area contributed by atoms with Crippen LogP contribution in [0.4, 0.5) is 0 Å². The average molecular weight is 198 g/mol. The van der Waals surface area contributed by atoms with Gasteiger partial charge in [0, 0.05) is 11.6 Å². The number of nitrogens with one attached hydrogen (secondary N) is 1. The zero-order valence-corrected chi connectivity index (χ0v) is 8.01. The van der Waals surface area contributed by atoms with Gasteiger partial charge in [0.05, 0.1) is 0 Å². The van der Waals surface area contributed by atoms with Crippen molar-refractivity contribution in [3.63, 3.8) is 0 Å². The molecule has 1 heterocycles. The summed E-state index contributed by atoms with van der Waals surface area (Å²) in [4.78, 5) is 0. The first-order valence-corrected chi connectivity index (χ1v) is 4.83. The van der Waals surface area contributed by atoms with Gasteiger partial charge in [-0.2, -0.15) is 0 Å². The van der Waals surface area contributed by atoms with Crippen LogP contribution in [0.2, 0.25) is 5.02 Å². The molecule has 0 spiro atoms. The molecule has 1 fully saturated rings. The Kier molecular flexibility index (Phi) is 2.42. The number of phenols is 1. The minimum Gasteiger partial charge on any atom is -0.508 e. The fourth-order valence-electron chi connectivity index (χ4n) is 1.77. The van der Waals surface area contributed by atoms with E-state index in [1.807, 2.05) is 6.07 Å². The number of halogens is 1. The van der Waals surface area contributed by atoms with E-state index in [9.17, 15) is 5.11 Å². The standard InChI is InChI=1S/C10H12ClNO/c11-9-3-8(4-10(13)5-9)7-1-2-12-6-7/h3-5,7,12-13H,1-2,6H2. The lowest BCUT2D eigenvalue weighted by Gasteiger charge is -2.09. The number of aromatic hydroxyl groups is 1. The number of benzene rings is 1. The van der Waals surface area contributed by atoms with Gasteiger partial charge < -0.3 is 10.4 Å². The van der Waals surface area contributed by atoms with E-state index in [1.54, 1.807) is 12.1 Å². The van der Waals surface area contributed by atoms with Gasteiger partial charge >= 0.3 is 0 Å². The van der Waals surface area contributed by atoms with Crippen LogP contribution in [-0.2, 0) is 0 Å². The molecule has 1 aromatic carbocycles. The minimum atomic E-state index is 0.259. The Labute approximate surface area is 82.5 Å². The molecular weight excluding hydrogens is 186 g/mol. The molecule has 1 saturated heterocycles. The third-order valence-electron chi connectivity index (χ3n) is 2.44. The van der Waals surface area contributed by atoms with Crippen LogP contribution in [0, 0.1) is 0 Å². The van der Waals surface area contributed by atoms with E-state index < -0.39 is 0 Å². The van der Waals surface area contributed by atoms with Crippen molar-refractivity contribution in [1.29, 1.82) is 0 Å². The van der Waals surface area contributed by atoms with Crippen molar-refractivity contribution >= 4 is 11.6 Å². The summed E-state index contributed by atoms with van der Waals surface area (Å²) in [5, 5.41) is 13.2. The largest absolute Gasteiger partial charge is 0.508 e. The summed E-state index contributed by atoms with van der Waals surface area (Å²) in [6, 6.07) is 5.29. The van der Waals surface area contributed by atoms with Gasteiger partial charge in [0.25, 0.3) is 0 Å². The minimum absolute atomic E-state index is 0.259. The summed E-state index contributed by atoms with van der Waals surface area (Å²) >= 11 is 5.85. The molecule has 2 N–H and O–H groups in total. The molecule has 0 aromatic heterocycles. The van der Waals surface area contributed by atoms with Gasteiger partial charge in [0.1, 0.15) is 5.75 Å². The van der Waals surface area contributed by atoms with Crippen molar-refractivity contribution in [1.82, 2.24) is 5.32 Å². The Bertz CT molecular complexity index is 288. The quantitative estimate of drug-likeness (QED) is 0.723. The molecule has 1 aromatic rings. The van der Waals surface area contributed by atoms with Gasteiger partial charge in [0.2, 0.25) is 0 Å². The second kappa shape index (κ2) is 3.56. The van der Waals surface area contributed by atoms with Gasteiger partial charge in [-0.1, -0.05) is 11.6 Å². The molecule has 0 aliphatic carbocycles. The lowest BCUT2D eigenvalue weighted by atomic mass is 9.98. The van der Waals surface area contributed by atoms with E-state index in [0.717, 1.165) is 25.1 Å². The number of phenolic OH excluding ortho intramolecular Hbond substituents is 1. The molecular formula is C10H12ClNO. The van der Waals surface area contributed by atoms with E-state index in [0.29, 0.717) is 10.9 Å². The van der Waals surface area contributed by atoms with E-state index >= 15 is 0 Å². The Morgan fingerprint density at radius 3 is 2.85 bits per heavy atom. The fourth-order valence-corrected chi connectivity index (χ4v) is 2.01. The molecule has 0 amide bonds. The van der Waals surface area contributed by atoms with Crippen LogP contribution >= 0.6 is 11.6 Å². The first kappa shape index (κ1) is 8.85. The average Bonchev–Trinajstić information content (AvgIpc) is 2.53. The number of hydrogen-bond donors (Lipinski definition) is 2. The van der Waals surface area contributed by atoms with Crippen molar-refractivity contribution in [2.24, 2.45) is 0 Å². The first-order valence-electron chi connectivity index (χ1n) is 4.46. The van der Waals surface area contributed by atoms with Gasteiger partial charge in [-0.3, -0.25) is 0 Å². The van der Waals surface area contributed by atoms with E-state index in [1.165, 1.54) is 0 Å². The molecule has 1 unspecified atom stereocenters. The van der Waals surface area contributed by atoms with Gasteiger partial charge in [-0.15, -0.1) is 0 Å². The van der Waals surface area contributed by atoms with Crippen molar-refractivity contribution < 1.29 is 5.11 Å². The van der Waals surface area contributed by atoms with Crippen molar-refractivity contribution in [2.45, 2.75) is 12.3 Å². The molecule has 1 aliphatic heterocycles. The summed E-state index contributed by atoms with van der Waals surface area (Å²) in [6.07, 6.45) is 1.12. The van der Waals surface area contributed by atoms with Gasteiger partial charge in [0.15, 0.2) is 0 Å². The molecule has 13 heavy (non-hydrogen) atoms. The SMILES string of the molecule is Oc1cc(Cl)cc(C2CCNC2)c1. The van der Waals surface area contributed by atoms with Crippen LogP contribution in [0.5, 0.6) is 5.75 Å². The molecule has 2 nitrogen and oxygen atoms in total. The van der Waals surface area contributed by atoms with Gasteiger partial charge in [-0.25, -0.2) is 0 Å². The summed E-state index contributed by atoms with van der Waals surface area (Å²) < 4.78 is 0. The molecule has 0 radical (unpaired) electrons. The Morgan fingerprint density at radius 2 is 2.23 bits per heavy atom. The second-order valence-corrected chi connectivity index (χ2v) is 3.87. The van der Waals surface area contributed by atoms with Crippen molar-refractivity contribution in [3.05, 3.63) is 28.8 Å². The monoisotopic (exact) mass is 197 g/mol. The van der Waals surface area contributed by atoms with Crippen LogP contribution in [0.25, 0.3) is 0 Å². The van der Waals surface area contributed by atoms with E-state index in [4.69, 9.17) is 11.6 Å². The fraction of sp³-hybridized carbons (Fsp3) is 0.400. The van der Waals surface area contributed by atoms with E-state index in [2.05, 4.69) is 5.32 Å². The Morgan fingerprint density at radius 1 is 1.38 bits per heavy atom. The highest BCUT2D eigenvalue weighted by atomic mass is 35.5. The maximum absolute atomic E-state index is 9.35. The highest BCUT2D eigenvalue weighted by molar-refractivity contribution is 6.30. The summed E-state index contributed by atoms with van der Waals surface area (Å²) in [6.45, 7) is 2.04. The zero-order valence-electron chi connectivity index (χ0n) is 7.26. The summed E-state index contributed by atoms with van der Waals surface area (Å²) in [7, 11) is 0.